The minimum absolute atomic E-state index is 0. The molecule has 0 aromatic heterocycles. The third-order valence-electron chi connectivity index (χ3n) is 2.36. The summed E-state index contributed by atoms with van der Waals surface area (Å²) in [5, 5.41) is 139. The predicted molar refractivity (Wildman–Crippen MR) is 392 cm³/mol. The molecule has 18 N–H and O–H groups in total. The van der Waals surface area contributed by atoms with Crippen LogP contribution in [0, 0.1) is 187 Å². The van der Waals surface area contributed by atoms with Crippen molar-refractivity contribution in [1.29, 1.82) is 0 Å². The molecule has 0 aromatic rings. The van der Waals surface area contributed by atoms with Crippen molar-refractivity contribution >= 4 is 0 Å². The van der Waals surface area contributed by atoms with Gasteiger partial charge in [0.25, 0.3) is 0 Å². The van der Waals surface area contributed by atoms with Crippen molar-refractivity contribution in [1.82, 2.24) is 0 Å². The third-order valence-corrected chi connectivity index (χ3v) is 2.36. The molecule has 0 aliphatic heterocycles. The van der Waals surface area contributed by atoms with Crippen LogP contribution < -0.4 is 0 Å². The number of hydrogen-bond acceptors (Lipinski definition) is 26. The second-order valence-electron chi connectivity index (χ2n) is 7.25. The van der Waals surface area contributed by atoms with Gasteiger partial charge in [0.2, 0.25) is 0 Å². The second kappa shape index (κ2) is 647. The van der Waals surface area contributed by atoms with Gasteiger partial charge < -0.3 is 111 Å². The summed E-state index contributed by atoms with van der Waals surface area (Å²) in [6.07, 6.45) is 0. The van der Waals surface area contributed by atoms with E-state index in [1.807, 2.05) is 0 Å². The quantitative estimate of drug-likeness (QED) is 0.0475. The Balaban J connectivity index is -0.00000000483. The molecule has 0 saturated carbocycles. The summed E-state index contributed by atoms with van der Waals surface area (Å²) in [5.41, 5.74) is 0. The molecule has 0 spiro atoms. The third kappa shape index (κ3) is 1330. The minimum Gasteiger partial charge on any atom is -0.394 e. The Morgan fingerprint density at radius 3 is 0.214 bits per heavy atom. The first-order valence-electron chi connectivity index (χ1n) is 16.8. The van der Waals surface area contributed by atoms with Crippen LogP contribution in [-0.4, -0.2) is 292 Å². The van der Waals surface area contributed by atoms with E-state index < -0.39 is 0 Å². The fourth-order valence-corrected chi connectivity index (χ4v) is 0.503. The number of aliphatic hydroxyl groups excluding tert-OH is 18. The molecule has 26 nitrogen and oxygen atoms in total. The van der Waals surface area contributed by atoms with E-state index in [9.17, 15) is 18.1 Å². The minimum atomic E-state index is -0.253. The standard InChI is InChI=1S/4C3H8O2.4C2H5FO2.5C2H6O2.28CH4.6U.4W/c4*1-5-3-2-4;4*3-5-2-1-4;5*3-1-2-4;;;;;;;;;;;;;;;;;;;;;;;;;;;;;;;;;;;;;;/h4*4H,2-3H2,1H3;4*4H,1-2H2;5*3-4H,1-2H2;28*1H4;;;;;;;;;;. The predicted octanol–water partition coefficient (Wildman–Crippen LogP) is 10.7. The van der Waals surface area contributed by atoms with Gasteiger partial charge in [-0.2, -0.15) is 19.8 Å². The van der Waals surface area contributed by atoms with Gasteiger partial charge in [-0.15, -0.1) is 0 Å². The van der Waals surface area contributed by atoms with Gasteiger partial charge in [-0.3, -0.25) is 0 Å². The van der Waals surface area contributed by atoms with Crippen molar-refractivity contribution in [3.05, 3.63) is 0 Å². The number of methoxy groups -OCH3 is 4. The molecule has 0 bridgehead atoms. The van der Waals surface area contributed by atoms with Crippen LogP contribution in [-0.2, 0) is 123 Å². The molecule has 0 radical (unpaired) electrons. The van der Waals surface area contributed by atoms with Crippen molar-refractivity contribution in [2.24, 2.45) is 0 Å². The zero-order chi connectivity index (χ0) is 50.0. The molecule has 0 unspecified atom stereocenters. The molecule has 0 heterocycles. The normalized spacial score (nSPS) is 4.96. The first-order chi connectivity index (χ1) is 28.9. The maximum Gasteiger partial charge on any atom is 0.111 e. The number of hydrogen-bond donors (Lipinski definition) is 18. The number of aliphatic hydroxyl groups is 18. The number of ether oxygens (including phenoxy) is 4. The Hall–Kier alpha value is 7.74. The van der Waals surface area contributed by atoms with E-state index in [-0.39, 0.29) is 624 Å². The topological polar surface area (TPSA) is 438 Å². The summed E-state index contributed by atoms with van der Waals surface area (Å²) in [6.45, 7) is -0.889. The summed E-state index contributed by atoms with van der Waals surface area (Å²) in [4.78, 5) is 11.8. The van der Waals surface area contributed by atoms with Crippen LogP contribution in [0.2, 0.25) is 0 Å². The molecule has 40 heteroatoms. The van der Waals surface area contributed by atoms with Crippen LogP contribution in [0.4, 0.5) is 18.1 Å². The summed E-state index contributed by atoms with van der Waals surface area (Å²) in [6, 6.07) is 0. The van der Waals surface area contributed by atoms with Gasteiger partial charge >= 0.3 is 0 Å². The van der Waals surface area contributed by atoms with Crippen molar-refractivity contribution in [2.45, 2.75) is 208 Å². The number of rotatable bonds is 21. The largest absolute Gasteiger partial charge is 0.394 e. The van der Waals surface area contributed by atoms with Crippen molar-refractivity contribution in [2.75, 3.05) is 200 Å². The van der Waals surface area contributed by atoms with Gasteiger partial charge in [0.15, 0.2) is 0 Å². The first kappa shape index (κ1) is 387. The molecular weight excluding hydrogens is 3350 g/mol. The summed E-state index contributed by atoms with van der Waals surface area (Å²) in [5.74, 6) is 0. The Bertz CT molecular complexity index is 379. The molecule has 0 fully saturated rings. The van der Waals surface area contributed by atoms with Crippen LogP contribution in [0.3, 0.4) is 0 Å². The Kier molecular flexibility index (Phi) is 2560. The monoisotopic (exact) mass is 3550 g/mol. The van der Waals surface area contributed by atoms with Crippen LogP contribution in [0.5, 0.6) is 0 Å². The van der Waals surface area contributed by atoms with Crippen LogP contribution in [0.15, 0.2) is 0 Å². The van der Waals surface area contributed by atoms with Crippen LogP contribution in [0.1, 0.15) is 208 Å². The Morgan fingerprint density at radius 1 is 0.153 bits per heavy atom. The van der Waals surface area contributed by atoms with Crippen molar-refractivity contribution < 1.29 is 420 Å². The van der Waals surface area contributed by atoms with Gasteiger partial charge in [0, 0.05) is 299 Å². The number of halogens is 4. The molecule has 0 saturated heterocycles. The fourth-order valence-electron chi connectivity index (χ4n) is 0.503. The summed E-state index contributed by atoms with van der Waals surface area (Å²) >= 11 is 0. The molecular formula is C58H194F4O26U6W4. The molecule has 0 aliphatic carbocycles. The Morgan fingerprint density at radius 2 is 0.214 bits per heavy atom. The first-order valence-corrected chi connectivity index (χ1v) is 16.8. The molecule has 0 rings (SSSR count). The molecule has 0 aliphatic rings. The maximum atomic E-state index is 10.3. The Labute approximate surface area is 816 Å². The zero-order valence-electron chi connectivity index (χ0n) is 39.8. The maximum absolute atomic E-state index is 10.3. The smallest absolute Gasteiger partial charge is 0.111 e. The zero-order valence-corrected chi connectivity index (χ0v) is 76.6. The molecule has 658 valence electrons. The average Bonchev–Trinajstić information content (AvgIpc) is 3.28. The van der Waals surface area contributed by atoms with Gasteiger partial charge in [0.1, 0.15) is 26.4 Å². The summed E-state index contributed by atoms with van der Waals surface area (Å²) in [7, 11) is 6.21. The van der Waals surface area contributed by atoms with E-state index in [0.29, 0.717) is 26.4 Å². The fraction of sp³-hybridized carbons (Fsp3) is 1.00. The van der Waals surface area contributed by atoms with E-state index in [1.54, 1.807) is 28.4 Å². The van der Waals surface area contributed by atoms with Gasteiger partial charge in [0.05, 0.1) is 145 Å². The average molecular weight is 3550 g/mol. The van der Waals surface area contributed by atoms with E-state index >= 15 is 0 Å². The SMILES string of the molecule is C.C.C.C.C.C.C.C.C.C.C.C.C.C.C.C.C.C.C.C.C.C.C.C.C.C.C.C.COCCO.COCCO.COCCO.COCCO.OCCO.OCCO.OCCO.OCCO.OCCO.OCCOF.OCCOF.OCCOF.OCCOF.[U].[U].[U].[U].[U].[U].[W].[W].[W].[W]. The molecule has 0 amide bonds. The van der Waals surface area contributed by atoms with Gasteiger partial charge in [-0.25, -0.2) is 0 Å². The molecule has 0 atom stereocenters. The van der Waals surface area contributed by atoms with Crippen LogP contribution in [0.25, 0.3) is 0 Å². The van der Waals surface area contributed by atoms with E-state index in [1.165, 1.54) is 0 Å². The van der Waals surface area contributed by atoms with Crippen molar-refractivity contribution in [3.63, 3.8) is 0 Å². The van der Waals surface area contributed by atoms with Gasteiger partial charge in [-0.1, -0.05) is 208 Å². The van der Waals surface area contributed by atoms with E-state index in [4.69, 9.17) is 91.9 Å². The molecule has 0 aromatic carbocycles. The van der Waals surface area contributed by atoms with Crippen molar-refractivity contribution in [3.8, 4) is 0 Å². The molecule has 98 heavy (non-hydrogen) atoms. The summed E-state index contributed by atoms with van der Waals surface area (Å²) < 4.78 is 59.1. The van der Waals surface area contributed by atoms with Gasteiger partial charge in [-0.05, 0) is 18.1 Å². The van der Waals surface area contributed by atoms with Crippen LogP contribution >= 0.6 is 0 Å². The van der Waals surface area contributed by atoms with E-state index in [0.717, 1.165) is 0 Å². The second-order valence-corrected chi connectivity index (χ2v) is 7.25. The van der Waals surface area contributed by atoms with E-state index in [2.05, 4.69) is 38.7 Å².